The molecule has 1 aromatic heterocycles. The molecule has 0 saturated carbocycles. The normalized spacial score (nSPS) is 28.8. The number of carbonyl (C=O) groups is 1. The molecule has 114 valence electrons. The summed E-state index contributed by atoms with van der Waals surface area (Å²) < 4.78 is 1.96. The average Bonchev–Trinajstić information content (AvgIpc) is 3.09. The van der Waals surface area contributed by atoms with Crippen LogP contribution < -0.4 is 10.6 Å². The van der Waals surface area contributed by atoms with Crippen molar-refractivity contribution in [3.8, 4) is 0 Å². The Bertz CT molecular complexity index is 502. The summed E-state index contributed by atoms with van der Waals surface area (Å²) in [6.45, 7) is 4.78. The molecule has 6 heteroatoms. The van der Waals surface area contributed by atoms with Gasteiger partial charge in [-0.05, 0) is 43.8 Å². The first-order chi connectivity index (χ1) is 10.3. The molecule has 21 heavy (non-hydrogen) atoms. The summed E-state index contributed by atoms with van der Waals surface area (Å²) in [5, 5.41) is 11.1. The first kappa shape index (κ1) is 13.3. The summed E-state index contributed by atoms with van der Waals surface area (Å²) in [6, 6.07) is 2.32. The third-order valence-corrected chi connectivity index (χ3v) is 5.40. The van der Waals surface area contributed by atoms with E-state index in [9.17, 15) is 4.79 Å². The summed E-state index contributed by atoms with van der Waals surface area (Å²) in [7, 11) is 0. The molecule has 3 aliphatic rings. The number of amides is 1. The number of hydrogen-bond acceptors (Lipinski definition) is 4. The van der Waals surface area contributed by atoms with Gasteiger partial charge in [0.05, 0.1) is 12.1 Å². The SMILES string of the molecule is O=C(C1CC2(CCNCC2)CN1)N1CC(n2cccn2)C1. The first-order valence-electron chi connectivity index (χ1n) is 7.98. The Hall–Kier alpha value is -1.40. The van der Waals surface area contributed by atoms with Gasteiger partial charge in [-0.15, -0.1) is 0 Å². The lowest BCUT2D eigenvalue weighted by molar-refractivity contribution is -0.139. The molecule has 0 radical (unpaired) electrons. The predicted molar refractivity (Wildman–Crippen MR) is 78.8 cm³/mol. The molecule has 2 N–H and O–H groups in total. The van der Waals surface area contributed by atoms with Gasteiger partial charge in [-0.25, -0.2) is 0 Å². The van der Waals surface area contributed by atoms with Gasteiger partial charge in [0.1, 0.15) is 0 Å². The second-order valence-electron chi connectivity index (χ2n) is 6.77. The number of aromatic nitrogens is 2. The summed E-state index contributed by atoms with van der Waals surface area (Å²) in [6.07, 6.45) is 7.17. The minimum absolute atomic E-state index is 0.0293. The Morgan fingerprint density at radius 3 is 2.81 bits per heavy atom. The second-order valence-corrected chi connectivity index (χ2v) is 6.77. The highest BCUT2D eigenvalue weighted by molar-refractivity contribution is 5.83. The molecule has 1 amide bonds. The zero-order chi connectivity index (χ0) is 14.3. The molecule has 0 aromatic carbocycles. The lowest BCUT2D eigenvalue weighted by Crippen LogP contribution is -2.55. The number of nitrogens with zero attached hydrogens (tertiary/aromatic N) is 3. The van der Waals surface area contributed by atoms with E-state index in [0.29, 0.717) is 11.5 Å². The highest BCUT2D eigenvalue weighted by Gasteiger charge is 2.45. The molecule has 1 spiro atoms. The zero-order valence-corrected chi connectivity index (χ0v) is 12.3. The van der Waals surface area contributed by atoms with Crippen LogP contribution in [0.1, 0.15) is 25.3 Å². The van der Waals surface area contributed by atoms with Crippen LogP contribution in [0.2, 0.25) is 0 Å². The van der Waals surface area contributed by atoms with Crippen LogP contribution in [0.3, 0.4) is 0 Å². The van der Waals surface area contributed by atoms with E-state index >= 15 is 0 Å². The van der Waals surface area contributed by atoms with Gasteiger partial charge in [-0.3, -0.25) is 9.48 Å². The lowest BCUT2D eigenvalue weighted by atomic mass is 9.77. The maximum Gasteiger partial charge on any atom is 0.239 e. The minimum Gasteiger partial charge on any atom is -0.337 e. The molecule has 3 aliphatic heterocycles. The van der Waals surface area contributed by atoms with Crippen molar-refractivity contribution in [2.24, 2.45) is 5.41 Å². The molecule has 3 saturated heterocycles. The fourth-order valence-corrected chi connectivity index (χ4v) is 3.95. The van der Waals surface area contributed by atoms with Crippen molar-refractivity contribution in [1.29, 1.82) is 0 Å². The maximum absolute atomic E-state index is 12.6. The number of rotatable bonds is 2. The Labute approximate surface area is 124 Å². The average molecular weight is 289 g/mol. The summed E-state index contributed by atoms with van der Waals surface area (Å²) in [5.74, 6) is 0.286. The van der Waals surface area contributed by atoms with Crippen molar-refractivity contribution in [1.82, 2.24) is 25.3 Å². The van der Waals surface area contributed by atoms with Gasteiger partial charge < -0.3 is 15.5 Å². The number of nitrogens with one attached hydrogen (secondary N) is 2. The van der Waals surface area contributed by atoms with Crippen LogP contribution in [0.15, 0.2) is 18.5 Å². The third-order valence-electron chi connectivity index (χ3n) is 5.40. The fraction of sp³-hybridized carbons (Fsp3) is 0.733. The van der Waals surface area contributed by atoms with Crippen molar-refractivity contribution < 1.29 is 4.79 Å². The van der Waals surface area contributed by atoms with Gasteiger partial charge in [-0.2, -0.15) is 5.10 Å². The molecule has 3 fully saturated rings. The lowest BCUT2D eigenvalue weighted by Gasteiger charge is -2.40. The molecule has 1 atom stereocenters. The topological polar surface area (TPSA) is 62.2 Å². The molecule has 1 unspecified atom stereocenters. The molecular weight excluding hydrogens is 266 g/mol. The summed E-state index contributed by atoms with van der Waals surface area (Å²) in [5.41, 5.74) is 0.359. The second kappa shape index (κ2) is 5.10. The highest BCUT2D eigenvalue weighted by atomic mass is 16.2. The maximum atomic E-state index is 12.6. The number of likely N-dealkylation sites (tertiary alicyclic amines) is 1. The van der Waals surface area contributed by atoms with Crippen LogP contribution in [-0.4, -0.2) is 59.4 Å². The minimum atomic E-state index is 0.0293. The third kappa shape index (κ3) is 2.36. The van der Waals surface area contributed by atoms with E-state index in [0.717, 1.165) is 39.1 Å². The summed E-state index contributed by atoms with van der Waals surface area (Å²) in [4.78, 5) is 14.6. The van der Waals surface area contributed by atoms with Crippen LogP contribution in [0, 0.1) is 5.41 Å². The number of hydrogen-bond donors (Lipinski definition) is 2. The monoisotopic (exact) mass is 289 g/mol. The van der Waals surface area contributed by atoms with E-state index in [1.54, 1.807) is 6.20 Å². The van der Waals surface area contributed by atoms with Gasteiger partial charge in [-0.1, -0.05) is 0 Å². The Kier molecular flexibility index (Phi) is 3.23. The molecule has 4 rings (SSSR count). The number of piperidine rings is 1. The van der Waals surface area contributed by atoms with E-state index < -0.39 is 0 Å². The van der Waals surface area contributed by atoms with E-state index in [4.69, 9.17) is 0 Å². The van der Waals surface area contributed by atoms with E-state index in [2.05, 4.69) is 15.7 Å². The number of carbonyl (C=O) groups excluding carboxylic acids is 1. The van der Waals surface area contributed by atoms with E-state index in [-0.39, 0.29) is 11.9 Å². The Balaban J connectivity index is 1.33. The van der Waals surface area contributed by atoms with Gasteiger partial charge in [0, 0.05) is 32.0 Å². The molecule has 0 aliphatic carbocycles. The van der Waals surface area contributed by atoms with Crippen molar-refractivity contribution in [3.63, 3.8) is 0 Å². The van der Waals surface area contributed by atoms with Crippen molar-refractivity contribution in [2.75, 3.05) is 32.7 Å². The zero-order valence-electron chi connectivity index (χ0n) is 12.3. The largest absolute Gasteiger partial charge is 0.337 e. The van der Waals surface area contributed by atoms with Gasteiger partial charge in [0.15, 0.2) is 0 Å². The van der Waals surface area contributed by atoms with E-state index in [1.807, 2.05) is 21.8 Å². The van der Waals surface area contributed by atoms with Gasteiger partial charge in [0.2, 0.25) is 5.91 Å². The highest BCUT2D eigenvalue weighted by Crippen LogP contribution is 2.38. The molecule has 1 aromatic rings. The van der Waals surface area contributed by atoms with Crippen LogP contribution in [0.5, 0.6) is 0 Å². The van der Waals surface area contributed by atoms with Crippen molar-refractivity contribution in [3.05, 3.63) is 18.5 Å². The standard InChI is InChI=1S/C15H23N5O/c21-14(19-9-12(10-19)20-7-1-4-18-20)13-8-15(11-17-13)2-5-16-6-3-15/h1,4,7,12-13,16-17H,2-3,5-6,8-11H2. The van der Waals surface area contributed by atoms with Crippen molar-refractivity contribution in [2.45, 2.75) is 31.3 Å². The van der Waals surface area contributed by atoms with Gasteiger partial charge >= 0.3 is 0 Å². The Morgan fingerprint density at radius 1 is 1.29 bits per heavy atom. The van der Waals surface area contributed by atoms with E-state index in [1.165, 1.54) is 12.8 Å². The molecule has 6 nitrogen and oxygen atoms in total. The molecule has 0 bridgehead atoms. The fourth-order valence-electron chi connectivity index (χ4n) is 3.95. The molecular formula is C15H23N5O. The predicted octanol–water partition coefficient (Wildman–Crippen LogP) is -0.00190. The van der Waals surface area contributed by atoms with Crippen LogP contribution >= 0.6 is 0 Å². The van der Waals surface area contributed by atoms with Crippen molar-refractivity contribution >= 4 is 5.91 Å². The van der Waals surface area contributed by atoms with Crippen LogP contribution in [0.25, 0.3) is 0 Å². The smallest absolute Gasteiger partial charge is 0.239 e. The first-order valence-corrected chi connectivity index (χ1v) is 7.98. The van der Waals surface area contributed by atoms with Crippen LogP contribution in [0.4, 0.5) is 0 Å². The molecule has 4 heterocycles. The van der Waals surface area contributed by atoms with Crippen LogP contribution in [-0.2, 0) is 4.79 Å². The summed E-state index contributed by atoms with van der Waals surface area (Å²) >= 11 is 0. The quantitative estimate of drug-likeness (QED) is 0.804. The Morgan fingerprint density at radius 2 is 2.10 bits per heavy atom. The van der Waals surface area contributed by atoms with Gasteiger partial charge in [0.25, 0.3) is 0 Å².